The number of hydrogen-bond acceptors (Lipinski definition) is 1. The van der Waals surface area contributed by atoms with Gasteiger partial charge >= 0.3 is 0 Å². The van der Waals surface area contributed by atoms with Crippen LogP contribution in [-0.4, -0.2) is 7.11 Å². The van der Waals surface area contributed by atoms with E-state index in [1.807, 2.05) is 0 Å². The summed E-state index contributed by atoms with van der Waals surface area (Å²) in [4.78, 5) is 0. The fourth-order valence-corrected chi connectivity index (χ4v) is 1.50. The summed E-state index contributed by atoms with van der Waals surface area (Å²) in [7, 11) is 1.45. The summed E-state index contributed by atoms with van der Waals surface area (Å²) in [6.45, 7) is 0. The van der Waals surface area contributed by atoms with Gasteiger partial charge in [0.2, 0.25) is 0 Å². The van der Waals surface area contributed by atoms with Gasteiger partial charge in [-0.3, -0.25) is 0 Å². The van der Waals surface area contributed by atoms with E-state index in [4.69, 9.17) is 27.9 Å². The quantitative estimate of drug-likeness (QED) is 0.679. The zero-order valence-corrected chi connectivity index (χ0v) is 7.92. The van der Waals surface area contributed by atoms with Crippen LogP contribution in [0.5, 0.6) is 5.75 Å². The Morgan fingerprint density at radius 1 is 1.50 bits per heavy atom. The van der Waals surface area contributed by atoms with E-state index in [2.05, 4.69) is 0 Å². The molecule has 12 heavy (non-hydrogen) atoms. The van der Waals surface area contributed by atoms with Gasteiger partial charge in [-0.15, -0.1) is 11.6 Å². The van der Waals surface area contributed by atoms with Crippen molar-refractivity contribution in [3.05, 3.63) is 28.5 Å². The molecule has 0 N–H and O–H groups in total. The van der Waals surface area contributed by atoms with Crippen LogP contribution in [0.4, 0.5) is 4.39 Å². The minimum atomic E-state index is -0.425. The summed E-state index contributed by atoms with van der Waals surface area (Å²) in [5.74, 6) is 0.170. The largest absolute Gasteiger partial charge is 0.496 e. The lowest BCUT2D eigenvalue weighted by Gasteiger charge is -2.07. The fourth-order valence-electron chi connectivity index (χ4n) is 0.892. The predicted octanol–water partition coefficient (Wildman–Crippen LogP) is 3.23. The van der Waals surface area contributed by atoms with Gasteiger partial charge in [-0.1, -0.05) is 11.6 Å². The molecule has 0 spiro atoms. The van der Waals surface area contributed by atoms with Gasteiger partial charge < -0.3 is 4.74 Å². The van der Waals surface area contributed by atoms with Crippen LogP contribution in [0.15, 0.2) is 12.1 Å². The molecule has 1 aromatic carbocycles. The van der Waals surface area contributed by atoms with Crippen molar-refractivity contribution >= 4 is 23.2 Å². The van der Waals surface area contributed by atoms with Gasteiger partial charge in [0.1, 0.15) is 11.6 Å². The van der Waals surface area contributed by atoms with Crippen molar-refractivity contribution in [3.8, 4) is 5.75 Å². The second kappa shape index (κ2) is 3.97. The molecule has 0 fully saturated rings. The van der Waals surface area contributed by atoms with Crippen molar-refractivity contribution in [1.82, 2.24) is 0 Å². The highest BCUT2D eigenvalue weighted by atomic mass is 35.5. The average Bonchev–Trinajstić information content (AvgIpc) is 2.03. The van der Waals surface area contributed by atoms with E-state index in [1.54, 1.807) is 0 Å². The van der Waals surface area contributed by atoms with Crippen LogP contribution in [-0.2, 0) is 5.88 Å². The molecule has 0 aromatic heterocycles. The monoisotopic (exact) mass is 208 g/mol. The molecule has 0 atom stereocenters. The Hall–Kier alpha value is -0.470. The molecule has 0 bridgehead atoms. The first kappa shape index (κ1) is 9.62. The van der Waals surface area contributed by atoms with Crippen LogP contribution in [0.25, 0.3) is 0 Å². The second-order valence-electron chi connectivity index (χ2n) is 2.20. The summed E-state index contributed by atoms with van der Waals surface area (Å²) in [6, 6.07) is 2.46. The Morgan fingerprint density at radius 3 is 2.67 bits per heavy atom. The van der Waals surface area contributed by atoms with E-state index < -0.39 is 5.82 Å². The lowest BCUT2D eigenvalue weighted by molar-refractivity contribution is 0.408. The minimum Gasteiger partial charge on any atom is -0.496 e. The van der Waals surface area contributed by atoms with Crippen LogP contribution < -0.4 is 4.74 Å². The van der Waals surface area contributed by atoms with Gasteiger partial charge in [0.05, 0.1) is 18.0 Å². The maximum atomic E-state index is 12.7. The lowest BCUT2D eigenvalue weighted by atomic mass is 10.2. The molecule has 0 saturated heterocycles. The Morgan fingerprint density at radius 2 is 2.17 bits per heavy atom. The number of benzene rings is 1. The van der Waals surface area contributed by atoms with Crippen LogP contribution in [0.1, 0.15) is 5.56 Å². The summed E-state index contributed by atoms with van der Waals surface area (Å²) < 4.78 is 17.6. The summed E-state index contributed by atoms with van der Waals surface area (Å²) in [6.07, 6.45) is 0. The van der Waals surface area contributed by atoms with Gasteiger partial charge in [-0.25, -0.2) is 4.39 Å². The predicted molar refractivity (Wildman–Crippen MR) is 47.5 cm³/mol. The van der Waals surface area contributed by atoms with Gasteiger partial charge in [-0.2, -0.15) is 0 Å². The molecule has 0 amide bonds. The van der Waals surface area contributed by atoms with E-state index in [0.717, 1.165) is 0 Å². The number of hydrogen-bond donors (Lipinski definition) is 0. The van der Waals surface area contributed by atoms with E-state index in [-0.39, 0.29) is 5.88 Å². The Balaban J connectivity index is 3.24. The number of ether oxygens (including phenoxy) is 1. The van der Waals surface area contributed by atoms with Gasteiger partial charge in [0, 0.05) is 11.6 Å². The van der Waals surface area contributed by atoms with Crippen molar-refractivity contribution in [1.29, 1.82) is 0 Å². The van der Waals surface area contributed by atoms with Crippen LogP contribution >= 0.6 is 23.2 Å². The Labute approximate surface area is 80.0 Å². The van der Waals surface area contributed by atoms with Gasteiger partial charge in [0.15, 0.2) is 0 Å². The summed E-state index contributed by atoms with van der Waals surface area (Å²) in [5, 5.41) is 0.293. The molecular formula is C8H7Cl2FO. The van der Waals surface area contributed by atoms with Crippen LogP contribution in [0.2, 0.25) is 5.02 Å². The number of rotatable bonds is 2. The number of methoxy groups -OCH3 is 1. The average molecular weight is 209 g/mol. The van der Waals surface area contributed by atoms with Crippen LogP contribution in [0.3, 0.4) is 0 Å². The van der Waals surface area contributed by atoms with E-state index in [9.17, 15) is 4.39 Å². The lowest BCUT2D eigenvalue weighted by Crippen LogP contribution is -1.91. The molecule has 0 radical (unpaired) electrons. The van der Waals surface area contributed by atoms with Gasteiger partial charge in [-0.05, 0) is 6.07 Å². The number of halogens is 3. The standard InChI is InChI=1S/C8H7Cl2FO/c1-12-8-3-5(11)2-7(10)6(8)4-9/h2-3H,4H2,1H3. The first-order valence-electron chi connectivity index (χ1n) is 3.27. The second-order valence-corrected chi connectivity index (χ2v) is 2.88. The van der Waals surface area contributed by atoms with E-state index in [1.165, 1.54) is 19.2 Å². The molecule has 0 unspecified atom stereocenters. The summed E-state index contributed by atoms with van der Waals surface area (Å²) in [5.41, 5.74) is 0.613. The molecule has 1 aromatic rings. The van der Waals surface area contributed by atoms with E-state index >= 15 is 0 Å². The molecule has 0 aliphatic carbocycles. The van der Waals surface area contributed by atoms with Crippen molar-refractivity contribution in [2.45, 2.75) is 5.88 Å². The zero-order chi connectivity index (χ0) is 9.14. The molecule has 4 heteroatoms. The van der Waals surface area contributed by atoms with Crippen LogP contribution in [0, 0.1) is 5.82 Å². The molecule has 66 valence electrons. The molecular weight excluding hydrogens is 202 g/mol. The highest BCUT2D eigenvalue weighted by Gasteiger charge is 2.08. The third-order valence-corrected chi connectivity index (χ3v) is 2.08. The van der Waals surface area contributed by atoms with Crippen molar-refractivity contribution in [2.75, 3.05) is 7.11 Å². The first-order valence-corrected chi connectivity index (χ1v) is 4.18. The third-order valence-electron chi connectivity index (χ3n) is 1.47. The van der Waals surface area contributed by atoms with Gasteiger partial charge in [0.25, 0.3) is 0 Å². The summed E-state index contributed by atoms with van der Waals surface area (Å²) >= 11 is 11.3. The maximum absolute atomic E-state index is 12.7. The molecule has 0 heterocycles. The maximum Gasteiger partial charge on any atom is 0.128 e. The topological polar surface area (TPSA) is 9.23 Å². The Bertz CT molecular complexity index is 289. The normalized spacial score (nSPS) is 10.0. The molecule has 0 aliphatic rings. The minimum absolute atomic E-state index is 0.211. The molecule has 1 nitrogen and oxygen atoms in total. The SMILES string of the molecule is COc1cc(F)cc(Cl)c1CCl. The third kappa shape index (κ3) is 1.82. The fraction of sp³-hybridized carbons (Fsp3) is 0.250. The zero-order valence-electron chi connectivity index (χ0n) is 6.40. The first-order chi connectivity index (χ1) is 5.69. The number of alkyl halides is 1. The van der Waals surface area contributed by atoms with Crippen molar-refractivity contribution in [2.24, 2.45) is 0 Å². The van der Waals surface area contributed by atoms with Crippen molar-refractivity contribution in [3.63, 3.8) is 0 Å². The highest BCUT2D eigenvalue weighted by Crippen LogP contribution is 2.29. The smallest absolute Gasteiger partial charge is 0.128 e. The molecule has 0 saturated carbocycles. The molecule has 1 rings (SSSR count). The van der Waals surface area contributed by atoms with E-state index in [0.29, 0.717) is 16.3 Å². The van der Waals surface area contributed by atoms with Crippen molar-refractivity contribution < 1.29 is 9.13 Å². The highest BCUT2D eigenvalue weighted by molar-refractivity contribution is 6.32. The molecule has 0 aliphatic heterocycles. The Kier molecular flexibility index (Phi) is 3.18.